The van der Waals surface area contributed by atoms with Crippen LogP contribution in [-0.4, -0.2) is 46.9 Å². The molecule has 0 spiro atoms. The molecule has 2 heterocycles. The van der Waals surface area contributed by atoms with Crippen molar-refractivity contribution in [3.63, 3.8) is 0 Å². The van der Waals surface area contributed by atoms with Gasteiger partial charge in [-0.05, 0) is 0 Å². The Morgan fingerprint density at radius 3 is 2.28 bits per heavy atom. The molecule has 18 heavy (non-hydrogen) atoms. The van der Waals surface area contributed by atoms with Gasteiger partial charge in [0.1, 0.15) is 0 Å². The van der Waals surface area contributed by atoms with E-state index in [-0.39, 0.29) is 41.3 Å². The summed E-state index contributed by atoms with van der Waals surface area (Å²) in [6.07, 6.45) is 1.74. The molecule has 0 unspecified atom stereocenters. The topological polar surface area (TPSA) is 113 Å². The van der Waals surface area contributed by atoms with Crippen LogP contribution in [0.15, 0.2) is 17.1 Å². The highest BCUT2D eigenvalue weighted by atomic mass is 35.5. The standard InChI is InChI=1S/C9H14N4O.2ClH.2H2O/c1-12-9(14)6-8(7-11-12)13-4-2-10-3-5-13;;;;/h6-7,10H,2-5H2,1H3;2*1H;2*1H2. The number of nitrogens with zero attached hydrogens (tertiary/aromatic N) is 3. The minimum Gasteiger partial charge on any atom is -0.412 e. The van der Waals surface area contributed by atoms with Crippen LogP contribution in [-0.2, 0) is 7.05 Å². The molecule has 2 rings (SSSR count). The van der Waals surface area contributed by atoms with Crippen LogP contribution in [0, 0.1) is 0 Å². The lowest BCUT2D eigenvalue weighted by molar-refractivity contribution is 0.585. The molecule has 0 atom stereocenters. The Morgan fingerprint density at radius 2 is 1.78 bits per heavy atom. The highest BCUT2D eigenvalue weighted by molar-refractivity contribution is 5.85. The monoisotopic (exact) mass is 302 g/mol. The first-order valence-corrected chi connectivity index (χ1v) is 4.76. The highest BCUT2D eigenvalue weighted by Gasteiger charge is 2.10. The van der Waals surface area contributed by atoms with Crippen molar-refractivity contribution in [3.8, 4) is 0 Å². The predicted octanol–water partition coefficient (Wildman–Crippen LogP) is -1.62. The molecule has 9 heteroatoms. The molecule has 0 amide bonds. The van der Waals surface area contributed by atoms with Crippen LogP contribution < -0.4 is 15.8 Å². The predicted molar refractivity (Wildman–Crippen MR) is 76.3 cm³/mol. The first-order valence-electron chi connectivity index (χ1n) is 4.76. The molecule has 1 aromatic rings. The van der Waals surface area contributed by atoms with E-state index in [2.05, 4.69) is 15.3 Å². The van der Waals surface area contributed by atoms with Crippen molar-refractivity contribution >= 4 is 30.5 Å². The molecule has 1 aliphatic heterocycles. The average molecular weight is 303 g/mol. The number of piperazine rings is 1. The molecule has 0 bridgehead atoms. The largest absolute Gasteiger partial charge is 0.412 e. The third-order valence-corrected chi connectivity index (χ3v) is 2.44. The summed E-state index contributed by atoms with van der Waals surface area (Å²) in [7, 11) is 1.66. The number of hydrogen-bond acceptors (Lipinski definition) is 4. The summed E-state index contributed by atoms with van der Waals surface area (Å²) >= 11 is 0. The second kappa shape index (κ2) is 10.1. The van der Waals surface area contributed by atoms with Crippen LogP contribution in [0.5, 0.6) is 0 Å². The smallest absolute Gasteiger partial charge is 0.268 e. The second-order valence-corrected chi connectivity index (χ2v) is 3.41. The Balaban J connectivity index is -0.000000562. The van der Waals surface area contributed by atoms with Crippen molar-refractivity contribution in [1.82, 2.24) is 15.1 Å². The molecule has 1 saturated heterocycles. The Kier molecular flexibility index (Phi) is 12.5. The molecule has 1 aromatic heterocycles. The van der Waals surface area contributed by atoms with Gasteiger partial charge in [-0.3, -0.25) is 4.79 Å². The first kappa shape index (κ1) is 22.3. The zero-order chi connectivity index (χ0) is 9.97. The van der Waals surface area contributed by atoms with E-state index in [0.29, 0.717) is 0 Å². The van der Waals surface area contributed by atoms with Gasteiger partial charge in [-0.1, -0.05) is 0 Å². The maximum Gasteiger partial charge on any atom is 0.268 e. The number of rotatable bonds is 1. The molecule has 0 saturated carbocycles. The van der Waals surface area contributed by atoms with Crippen molar-refractivity contribution in [2.45, 2.75) is 0 Å². The number of halogens is 2. The first-order chi connectivity index (χ1) is 6.77. The van der Waals surface area contributed by atoms with E-state index in [1.165, 1.54) is 4.68 Å². The van der Waals surface area contributed by atoms with E-state index in [0.717, 1.165) is 31.9 Å². The number of aromatic nitrogens is 2. The summed E-state index contributed by atoms with van der Waals surface area (Å²) in [4.78, 5) is 13.5. The zero-order valence-corrected chi connectivity index (χ0v) is 11.7. The van der Waals surface area contributed by atoms with Gasteiger partial charge in [0.2, 0.25) is 0 Å². The van der Waals surface area contributed by atoms with Gasteiger partial charge in [-0.25, -0.2) is 4.68 Å². The summed E-state index contributed by atoms with van der Waals surface area (Å²) in [5.74, 6) is 0. The van der Waals surface area contributed by atoms with Crippen LogP contribution >= 0.6 is 24.8 Å². The van der Waals surface area contributed by atoms with Gasteiger partial charge in [-0.15, -0.1) is 24.8 Å². The lowest BCUT2D eigenvalue weighted by Crippen LogP contribution is -2.44. The third-order valence-electron chi connectivity index (χ3n) is 2.44. The van der Waals surface area contributed by atoms with E-state index in [1.807, 2.05) is 0 Å². The number of aryl methyl sites for hydroxylation is 1. The molecule has 0 aliphatic carbocycles. The number of nitrogens with one attached hydrogen (secondary N) is 1. The van der Waals surface area contributed by atoms with E-state index in [9.17, 15) is 4.79 Å². The van der Waals surface area contributed by atoms with Crippen LogP contribution in [0.3, 0.4) is 0 Å². The summed E-state index contributed by atoms with van der Waals surface area (Å²) < 4.78 is 1.34. The van der Waals surface area contributed by atoms with Crippen molar-refractivity contribution in [2.75, 3.05) is 31.1 Å². The molecule has 1 aliphatic rings. The molecule has 7 nitrogen and oxygen atoms in total. The van der Waals surface area contributed by atoms with Gasteiger partial charge >= 0.3 is 0 Å². The van der Waals surface area contributed by atoms with Crippen molar-refractivity contribution < 1.29 is 11.0 Å². The van der Waals surface area contributed by atoms with E-state index in [1.54, 1.807) is 19.3 Å². The summed E-state index contributed by atoms with van der Waals surface area (Å²) in [6.45, 7) is 3.81. The molecular formula is C9H20Cl2N4O3. The lowest BCUT2D eigenvalue weighted by Gasteiger charge is -2.28. The number of anilines is 1. The maximum absolute atomic E-state index is 11.3. The van der Waals surface area contributed by atoms with Crippen molar-refractivity contribution in [3.05, 3.63) is 22.6 Å². The fourth-order valence-corrected chi connectivity index (χ4v) is 1.56. The molecule has 0 aromatic carbocycles. The zero-order valence-electron chi connectivity index (χ0n) is 10.0. The quantitative estimate of drug-likeness (QED) is 0.672. The summed E-state index contributed by atoms with van der Waals surface area (Å²) in [5, 5.41) is 7.26. The summed E-state index contributed by atoms with van der Waals surface area (Å²) in [6, 6.07) is 1.64. The average Bonchev–Trinajstić information content (AvgIpc) is 2.23. The molecule has 0 radical (unpaired) electrons. The van der Waals surface area contributed by atoms with E-state index in [4.69, 9.17) is 0 Å². The molecule has 1 fully saturated rings. The van der Waals surface area contributed by atoms with Crippen LogP contribution in [0.1, 0.15) is 0 Å². The van der Waals surface area contributed by atoms with E-state index >= 15 is 0 Å². The Hall–Kier alpha value is -0.860. The number of hydrogen-bond donors (Lipinski definition) is 1. The van der Waals surface area contributed by atoms with Crippen LogP contribution in [0.4, 0.5) is 5.69 Å². The van der Waals surface area contributed by atoms with Gasteiger partial charge in [0.15, 0.2) is 0 Å². The molecular weight excluding hydrogens is 283 g/mol. The van der Waals surface area contributed by atoms with Gasteiger partial charge in [-0.2, -0.15) is 5.10 Å². The SMILES string of the molecule is Cl.Cl.Cn1ncc(N2CCNCC2)cc1=O.O.O. The fourth-order valence-electron chi connectivity index (χ4n) is 1.56. The van der Waals surface area contributed by atoms with Crippen LogP contribution in [0.2, 0.25) is 0 Å². The summed E-state index contributed by atoms with van der Waals surface area (Å²) in [5.41, 5.74) is 0.871. The highest BCUT2D eigenvalue weighted by Crippen LogP contribution is 2.09. The fraction of sp³-hybridized carbons (Fsp3) is 0.556. The lowest BCUT2D eigenvalue weighted by atomic mass is 10.3. The van der Waals surface area contributed by atoms with Crippen molar-refractivity contribution in [2.24, 2.45) is 7.05 Å². The van der Waals surface area contributed by atoms with Gasteiger partial charge in [0.05, 0.1) is 11.9 Å². The van der Waals surface area contributed by atoms with Crippen molar-refractivity contribution in [1.29, 1.82) is 0 Å². The Labute approximate surface area is 118 Å². The van der Waals surface area contributed by atoms with Gasteiger partial charge < -0.3 is 21.2 Å². The second-order valence-electron chi connectivity index (χ2n) is 3.41. The van der Waals surface area contributed by atoms with Gasteiger partial charge in [0.25, 0.3) is 5.56 Å². The minimum atomic E-state index is -0.0546. The normalized spacial score (nSPS) is 13.3. The van der Waals surface area contributed by atoms with Gasteiger partial charge in [0, 0.05) is 39.3 Å². The Bertz CT molecular complexity index is 382. The molecule has 108 valence electrons. The van der Waals surface area contributed by atoms with E-state index < -0.39 is 0 Å². The minimum absolute atomic E-state index is 0. The third kappa shape index (κ3) is 5.19. The maximum atomic E-state index is 11.3. The molecule has 5 N–H and O–H groups in total. The van der Waals surface area contributed by atoms with Crippen LogP contribution in [0.25, 0.3) is 0 Å². The Morgan fingerprint density at radius 1 is 1.22 bits per heavy atom.